The maximum atomic E-state index is 5.62. The van der Waals surface area contributed by atoms with Crippen molar-refractivity contribution >= 4 is 6.01 Å². The van der Waals surface area contributed by atoms with Gasteiger partial charge in [0.25, 0.3) is 0 Å². The van der Waals surface area contributed by atoms with Crippen LogP contribution in [0.15, 0.2) is 34.7 Å². The Morgan fingerprint density at radius 3 is 2.62 bits per heavy atom. The molecule has 0 aliphatic carbocycles. The number of rotatable bonds is 8. The van der Waals surface area contributed by atoms with Gasteiger partial charge in [0, 0.05) is 6.04 Å². The Kier molecular flexibility index (Phi) is 5.75. The molecular formula is C16H24N4O. The second-order valence-electron chi connectivity index (χ2n) is 5.29. The molecule has 1 aromatic carbocycles. The normalized spacial score (nSPS) is 13.9. The van der Waals surface area contributed by atoms with Crippen molar-refractivity contribution in [3.63, 3.8) is 0 Å². The molecule has 2 N–H and O–H groups in total. The van der Waals surface area contributed by atoms with Gasteiger partial charge in [-0.1, -0.05) is 42.4 Å². The highest BCUT2D eigenvalue weighted by Gasteiger charge is 2.14. The summed E-state index contributed by atoms with van der Waals surface area (Å²) in [5.41, 5.74) is 1.35. The van der Waals surface area contributed by atoms with Crippen LogP contribution in [0.25, 0.3) is 0 Å². The fourth-order valence-electron chi connectivity index (χ4n) is 2.17. The third-order valence-corrected chi connectivity index (χ3v) is 3.40. The highest BCUT2D eigenvalue weighted by atomic mass is 16.4. The molecule has 5 nitrogen and oxygen atoms in total. The third kappa shape index (κ3) is 4.86. The maximum absolute atomic E-state index is 5.62. The van der Waals surface area contributed by atoms with Gasteiger partial charge in [0.15, 0.2) is 0 Å². The Labute approximate surface area is 126 Å². The molecule has 0 aliphatic heterocycles. The minimum absolute atomic E-state index is 0.0812. The molecule has 0 amide bonds. The number of hydrogen-bond donors (Lipinski definition) is 2. The summed E-state index contributed by atoms with van der Waals surface area (Å²) in [6.45, 7) is 7.07. The lowest BCUT2D eigenvalue weighted by atomic mass is 10.1. The van der Waals surface area contributed by atoms with Crippen LogP contribution in [-0.4, -0.2) is 22.8 Å². The van der Waals surface area contributed by atoms with E-state index in [4.69, 9.17) is 4.42 Å². The number of benzene rings is 1. The summed E-state index contributed by atoms with van der Waals surface area (Å²) in [5, 5.41) is 14.6. The Hall–Kier alpha value is -1.88. The van der Waals surface area contributed by atoms with E-state index < -0.39 is 0 Å². The molecule has 2 rings (SSSR count). The van der Waals surface area contributed by atoms with Crippen LogP contribution in [-0.2, 0) is 6.42 Å². The second-order valence-corrected chi connectivity index (χ2v) is 5.29. The zero-order valence-electron chi connectivity index (χ0n) is 13.0. The van der Waals surface area contributed by atoms with Crippen molar-refractivity contribution in [2.75, 3.05) is 11.9 Å². The minimum atomic E-state index is 0.0812. The molecule has 0 aliphatic rings. The van der Waals surface area contributed by atoms with Crippen LogP contribution in [0.1, 0.15) is 44.7 Å². The molecule has 0 spiro atoms. The molecule has 0 radical (unpaired) electrons. The van der Waals surface area contributed by atoms with Crippen LogP contribution in [0, 0.1) is 0 Å². The summed E-state index contributed by atoms with van der Waals surface area (Å²) in [5.74, 6) is 0.620. The largest absolute Gasteiger partial charge is 0.406 e. The quantitative estimate of drug-likeness (QED) is 0.781. The molecule has 1 aromatic heterocycles. The summed E-state index contributed by atoms with van der Waals surface area (Å²) in [4.78, 5) is 0. The number of aryl methyl sites for hydroxylation is 1. The topological polar surface area (TPSA) is 63.0 Å². The van der Waals surface area contributed by atoms with Crippen LogP contribution in [0.4, 0.5) is 6.01 Å². The molecule has 0 saturated heterocycles. The summed E-state index contributed by atoms with van der Waals surface area (Å²) in [7, 11) is 0. The smallest absolute Gasteiger partial charge is 0.315 e. The Bertz CT molecular complexity index is 526. The Morgan fingerprint density at radius 1 is 1.14 bits per heavy atom. The van der Waals surface area contributed by atoms with Crippen molar-refractivity contribution in [3.05, 3.63) is 41.8 Å². The fourth-order valence-corrected chi connectivity index (χ4v) is 2.17. The molecule has 1 heterocycles. The zero-order valence-corrected chi connectivity index (χ0v) is 13.0. The number of anilines is 1. The van der Waals surface area contributed by atoms with E-state index in [1.165, 1.54) is 5.56 Å². The van der Waals surface area contributed by atoms with Crippen LogP contribution >= 0.6 is 0 Å². The lowest BCUT2D eigenvalue weighted by Gasteiger charge is -2.11. The first-order valence-corrected chi connectivity index (χ1v) is 7.56. The van der Waals surface area contributed by atoms with E-state index in [9.17, 15) is 0 Å². The van der Waals surface area contributed by atoms with Crippen molar-refractivity contribution < 1.29 is 4.42 Å². The summed E-state index contributed by atoms with van der Waals surface area (Å²) in [6, 6.07) is 11.3. The average Bonchev–Trinajstić information content (AvgIpc) is 2.95. The van der Waals surface area contributed by atoms with Gasteiger partial charge in [-0.15, -0.1) is 5.10 Å². The van der Waals surface area contributed by atoms with Crippen LogP contribution in [0.5, 0.6) is 0 Å². The van der Waals surface area contributed by atoms with Gasteiger partial charge in [-0.2, -0.15) is 0 Å². The van der Waals surface area contributed by atoms with Gasteiger partial charge in [0.1, 0.15) is 0 Å². The second kappa shape index (κ2) is 7.78. The molecule has 114 valence electrons. The van der Waals surface area contributed by atoms with Crippen molar-refractivity contribution in [2.45, 2.75) is 45.7 Å². The van der Waals surface area contributed by atoms with Gasteiger partial charge in [0.05, 0.1) is 6.04 Å². The molecule has 0 saturated carbocycles. The number of hydrogen-bond acceptors (Lipinski definition) is 5. The predicted molar refractivity (Wildman–Crippen MR) is 84.2 cm³/mol. The Morgan fingerprint density at radius 2 is 1.90 bits per heavy atom. The fraction of sp³-hybridized carbons (Fsp3) is 0.500. The standard InChI is InChI=1S/C16H24N4O/c1-4-17-13(3)15-19-20-16(21-15)18-12(2)10-11-14-8-6-5-7-9-14/h5-9,12-13,17H,4,10-11H2,1-3H3,(H,18,20). The van der Waals surface area contributed by atoms with E-state index >= 15 is 0 Å². The first-order valence-electron chi connectivity index (χ1n) is 7.56. The van der Waals surface area contributed by atoms with Gasteiger partial charge in [-0.05, 0) is 38.8 Å². The van der Waals surface area contributed by atoms with Crippen LogP contribution < -0.4 is 10.6 Å². The van der Waals surface area contributed by atoms with Gasteiger partial charge < -0.3 is 15.1 Å². The first kappa shape index (κ1) is 15.5. The predicted octanol–water partition coefficient (Wildman–Crippen LogP) is 3.17. The molecular weight excluding hydrogens is 264 g/mol. The van der Waals surface area contributed by atoms with E-state index in [0.29, 0.717) is 11.9 Å². The van der Waals surface area contributed by atoms with Crippen molar-refractivity contribution in [2.24, 2.45) is 0 Å². The Balaban J connectivity index is 1.81. The molecule has 5 heteroatoms. The third-order valence-electron chi connectivity index (χ3n) is 3.40. The highest BCUT2D eigenvalue weighted by Crippen LogP contribution is 2.15. The molecule has 2 atom stereocenters. The van der Waals surface area contributed by atoms with Crippen LogP contribution in [0.3, 0.4) is 0 Å². The van der Waals surface area contributed by atoms with Crippen molar-refractivity contribution in [3.8, 4) is 0 Å². The van der Waals surface area contributed by atoms with Gasteiger partial charge >= 0.3 is 6.01 Å². The summed E-state index contributed by atoms with van der Waals surface area (Å²) >= 11 is 0. The average molecular weight is 288 g/mol. The number of nitrogens with one attached hydrogen (secondary N) is 2. The lowest BCUT2D eigenvalue weighted by Crippen LogP contribution is -2.18. The van der Waals surface area contributed by atoms with Crippen LogP contribution in [0.2, 0.25) is 0 Å². The zero-order chi connectivity index (χ0) is 15.1. The lowest BCUT2D eigenvalue weighted by molar-refractivity contribution is 0.426. The molecule has 2 unspecified atom stereocenters. The van der Waals surface area contributed by atoms with Gasteiger partial charge in [-0.25, -0.2) is 0 Å². The molecule has 0 bridgehead atoms. The number of nitrogens with zero attached hydrogens (tertiary/aromatic N) is 2. The van der Waals surface area contributed by atoms with Crippen molar-refractivity contribution in [1.29, 1.82) is 0 Å². The molecule has 2 aromatic rings. The van der Waals surface area contributed by atoms with E-state index in [0.717, 1.165) is 19.4 Å². The first-order chi connectivity index (χ1) is 10.2. The summed E-state index contributed by atoms with van der Waals surface area (Å²) in [6.07, 6.45) is 2.05. The highest BCUT2D eigenvalue weighted by molar-refractivity contribution is 5.20. The molecule has 21 heavy (non-hydrogen) atoms. The maximum Gasteiger partial charge on any atom is 0.315 e. The van der Waals surface area contributed by atoms with E-state index in [1.54, 1.807) is 0 Å². The number of aromatic nitrogens is 2. The van der Waals surface area contributed by atoms with Gasteiger partial charge in [0.2, 0.25) is 5.89 Å². The minimum Gasteiger partial charge on any atom is -0.406 e. The SMILES string of the molecule is CCNC(C)c1nnc(NC(C)CCc2ccccc2)o1. The summed E-state index contributed by atoms with van der Waals surface area (Å²) < 4.78 is 5.62. The monoisotopic (exact) mass is 288 g/mol. The van der Waals surface area contributed by atoms with Gasteiger partial charge in [-0.3, -0.25) is 0 Å². The van der Waals surface area contributed by atoms with E-state index in [-0.39, 0.29) is 12.1 Å². The van der Waals surface area contributed by atoms with E-state index in [2.05, 4.69) is 58.9 Å². The molecule has 0 fully saturated rings. The van der Waals surface area contributed by atoms with Crippen molar-refractivity contribution in [1.82, 2.24) is 15.5 Å². The van der Waals surface area contributed by atoms with E-state index in [1.807, 2.05) is 13.0 Å².